The number of aryl methyl sites for hydroxylation is 3. The average molecular weight is 540 g/mol. The van der Waals surface area contributed by atoms with Gasteiger partial charge in [-0.1, -0.05) is 42.0 Å². The van der Waals surface area contributed by atoms with Gasteiger partial charge in [-0.3, -0.25) is 9.59 Å². The normalized spacial score (nSPS) is 11.5. The van der Waals surface area contributed by atoms with Gasteiger partial charge in [0, 0.05) is 46.3 Å². The first-order valence-electron chi connectivity index (χ1n) is 12.1. The molecule has 198 valence electrons. The minimum Gasteiger partial charge on any atom is -0.350 e. The fraction of sp³-hybridized carbons (Fsp3) is 0.241. The monoisotopic (exact) mass is 539 g/mol. The van der Waals surface area contributed by atoms with Crippen LogP contribution in [0.15, 0.2) is 71.8 Å². The van der Waals surface area contributed by atoms with Crippen molar-refractivity contribution in [2.45, 2.75) is 38.4 Å². The van der Waals surface area contributed by atoms with E-state index in [2.05, 4.69) is 10.6 Å². The molecular weight excluding hydrogens is 511 g/mol. The van der Waals surface area contributed by atoms with Gasteiger partial charge < -0.3 is 15.2 Å². The molecule has 9 heteroatoms. The van der Waals surface area contributed by atoms with Crippen LogP contribution in [-0.2, 0) is 17.5 Å². The van der Waals surface area contributed by atoms with Crippen LogP contribution in [0, 0.1) is 20.8 Å². The quantitative estimate of drug-likeness (QED) is 0.244. The van der Waals surface area contributed by atoms with Crippen LogP contribution in [0.2, 0.25) is 0 Å². The number of carbonyl (C=O) groups is 2. The fourth-order valence-electron chi connectivity index (χ4n) is 4.44. The van der Waals surface area contributed by atoms with Crippen molar-refractivity contribution in [2.75, 3.05) is 17.6 Å². The van der Waals surface area contributed by atoms with E-state index in [1.165, 1.54) is 23.9 Å². The molecule has 0 radical (unpaired) electrons. The average Bonchev–Trinajstić information content (AvgIpc) is 3.22. The van der Waals surface area contributed by atoms with Gasteiger partial charge in [0.05, 0.1) is 11.3 Å². The van der Waals surface area contributed by atoms with Crippen molar-refractivity contribution in [2.24, 2.45) is 0 Å². The molecule has 0 spiro atoms. The number of nitrogens with one attached hydrogen (secondary N) is 2. The predicted octanol–water partition coefficient (Wildman–Crippen LogP) is 6.75. The third kappa shape index (κ3) is 6.39. The van der Waals surface area contributed by atoms with Gasteiger partial charge in [0.2, 0.25) is 5.91 Å². The number of fused-ring (bicyclic) bond motifs is 1. The lowest BCUT2D eigenvalue weighted by Crippen LogP contribution is -2.27. The highest BCUT2D eigenvalue weighted by molar-refractivity contribution is 8.00. The SMILES string of the molecule is Cc1cc(C)c(NC(=O)CSc2cn(CCNC(=O)c3cccc(C(F)(F)F)c3)c3ccccc23)c(C)c1. The van der Waals surface area contributed by atoms with E-state index < -0.39 is 17.6 Å². The molecule has 4 rings (SSSR count). The van der Waals surface area contributed by atoms with Crippen LogP contribution in [-0.4, -0.2) is 28.7 Å². The first-order valence-corrected chi connectivity index (χ1v) is 13.1. The summed E-state index contributed by atoms with van der Waals surface area (Å²) in [5.74, 6) is -0.441. The van der Waals surface area contributed by atoms with Crippen LogP contribution in [0.4, 0.5) is 18.9 Å². The summed E-state index contributed by atoms with van der Waals surface area (Å²) in [6.45, 7) is 6.61. The summed E-state index contributed by atoms with van der Waals surface area (Å²) < 4.78 is 40.9. The highest BCUT2D eigenvalue weighted by Gasteiger charge is 2.30. The van der Waals surface area contributed by atoms with E-state index in [0.717, 1.165) is 50.3 Å². The Morgan fingerprint density at radius 3 is 2.37 bits per heavy atom. The molecule has 3 aromatic carbocycles. The van der Waals surface area contributed by atoms with Gasteiger partial charge in [-0.05, 0) is 56.2 Å². The summed E-state index contributed by atoms with van der Waals surface area (Å²) in [6.07, 6.45) is -2.58. The number of nitrogens with zero attached hydrogens (tertiary/aromatic N) is 1. The summed E-state index contributed by atoms with van der Waals surface area (Å²) in [5.41, 5.74) is 4.05. The Bertz CT molecular complexity index is 1470. The van der Waals surface area contributed by atoms with E-state index in [-0.39, 0.29) is 23.8 Å². The van der Waals surface area contributed by atoms with Gasteiger partial charge >= 0.3 is 6.18 Å². The molecule has 2 N–H and O–H groups in total. The first kappa shape index (κ1) is 27.3. The Hall–Kier alpha value is -3.72. The van der Waals surface area contributed by atoms with Crippen molar-refractivity contribution in [1.29, 1.82) is 0 Å². The number of benzene rings is 3. The summed E-state index contributed by atoms with van der Waals surface area (Å²) in [6, 6.07) is 16.2. The molecule has 2 amide bonds. The smallest absolute Gasteiger partial charge is 0.350 e. The molecule has 0 fully saturated rings. The number of para-hydroxylation sites is 1. The van der Waals surface area contributed by atoms with Crippen LogP contribution in [0.3, 0.4) is 0 Å². The van der Waals surface area contributed by atoms with Gasteiger partial charge in [0.15, 0.2) is 0 Å². The van der Waals surface area contributed by atoms with E-state index in [9.17, 15) is 22.8 Å². The summed E-state index contributed by atoms with van der Waals surface area (Å²) in [7, 11) is 0. The maximum Gasteiger partial charge on any atom is 0.416 e. The van der Waals surface area contributed by atoms with E-state index in [0.29, 0.717) is 6.54 Å². The van der Waals surface area contributed by atoms with Crippen LogP contribution in [0.1, 0.15) is 32.6 Å². The van der Waals surface area contributed by atoms with Crippen LogP contribution < -0.4 is 10.6 Å². The Labute approximate surface area is 223 Å². The molecule has 0 saturated heterocycles. The van der Waals surface area contributed by atoms with Crippen molar-refractivity contribution < 1.29 is 22.8 Å². The highest BCUT2D eigenvalue weighted by Crippen LogP contribution is 2.31. The molecular formula is C29H28F3N3O2S. The molecule has 0 atom stereocenters. The van der Waals surface area contributed by atoms with Crippen LogP contribution in [0.5, 0.6) is 0 Å². The zero-order valence-electron chi connectivity index (χ0n) is 21.3. The second kappa shape index (κ2) is 11.3. The van der Waals surface area contributed by atoms with Crippen molar-refractivity contribution in [3.8, 4) is 0 Å². The number of anilines is 1. The Kier molecular flexibility index (Phi) is 8.16. The van der Waals surface area contributed by atoms with Gasteiger partial charge in [-0.2, -0.15) is 13.2 Å². The second-order valence-corrected chi connectivity index (χ2v) is 10.2. The maximum absolute atomic E-state index is 13.0. The first-order chi connectivity index (χ1) is 18.0. The second-order valence-electron chi connectivity index (χ2n) is 9.15. The number of aromatic nitrogens is 1. The summed E-state index contributed by atoms with van der Waals surface area (Å²) in [5, 5.41) is 6.70. The molecule has 38 heavy (non-hydrogen) atoms. The van der Waals surface area contributed by atoms with Gasteiger partial charge in [-0.15, -0.1) is 11.8 Å². The molecule has 0 aliphatic heterocycles. The van der Waals surface area contributed by atoms with Crippen molar-refractivity contribution >= 4 is 40.2 Å². The number of rotatable bonds is 8. The van der Waals surface area contributed by atoms with Crippen molar-refractivity contribution in [1.82, 2.24) is 9.88 Å². The minimum atomic E-state index is -4.51. The van der Waals surface area contributed by atoms with Crippen molar-refractivity contribution in [3.63, 3.8) is 0 Å². The van der Waals surface area contributed by atoms with E-state index in [4.69, 9.17) is 0 Å². The lowest BCUT2D eigenvalue weighted by Gasteiger charge is -2.12. The molecule has 4 aromatic rings. The highest BCUT2D eigenvalue weighted by atomic mass is 32.2. The largest absolute Gasteiger partial charge is 0.416 e. The molecule has 0 bridgehead atoms. The lowest BCUT2D eigenvalue weighted by atomic mass is 10.1. The number of halogens is 3. The van der Waals surface area contributed by atoms with Gasteiger partial charge in [-0.25, -0.2) is 0 Å². The Morgan fingerprint density at radius 1 is 0.947 bits per heavy atom. The summed E-state index contributed by atoms with van der Waals surface area (Å²) in [4.78, 5) is 26.1. The van der Waals surface area contributed by atoms with Crippen LogP contribution >= 0.6 is 11.8 Å². The molecule has 1 aromatic heterocycles. The maximum atomic E-state index is 13.0. The third-order valence-corrected chi connectivity index (χ3v) is 7.19. The summed E-state index contributed by atoms with van der Waals surface area (Å²) >= 11 is 1.43. The van der Waals surface area contributed by atoms with Crippen molar-refractivity contribution in [3.05, 3.63) is 94.7 Å². The Morgan fingerprint density at radius 2 is 1.66 bits per heavy atom. The van der Waals surface area contributed by atoms with Gasteiger partial charge in [0.25, 0.3) is 5.91 Å². The lowest BCUT2D eigenvalue weighted by molar-refractivity contribution is -0.137. The Balaban J connectivity index is 1.40. The van der Waals surface area contributed by atoms with E-state index in [1.54, 1.807) is 0 Å². The number of amides is 2. The number of alkyl halides is 3. The molecule has 0 aliphatic carbocycles. The van der Waals surface area contributed by atoms with E-state index >= 15 is 0 Å². The van der Waals surface area contributed by atoms with Crippen LogP contribution in [0.25, 0.3) is 10.9 Å². The molecule has 5 nitrogen and oxygen atoms in total. The zero-order chi connectivity index (χ0) is 27.4. The number of hydrogen-bond donors (Lipinski definition) is 2. The third-order valence-electron chi connectivity index (χ3n) is 6.14. The van der Waals surface area contributed by atoms with Gasteiger partial charge in [0.1, 0.15) is 0 Å². The van der Waals surface area contributed by atoms with E-state index in [1.807, 2.05) is 67.9 Å². The standard InChI is InChI=1S/C29H28F3N3O2S/c1-18-13-19(2)27(20(3)14-18)34-26(36)17-38-25-16-35(24-10-5-4-9-23(24)25)12-11-33-28(37)21-7-6-8-22(15-21)29(30,31)32/h4-10,13-16H,11-12,17H2,1-3H3,(H,33,37)(H,34,36). The number of thioether (sulfide) groups is 1. The minimum absolute atomic E-state index is 0.0431. The molecule has 0 unspecified atom stereocenters. The predicted molar refractivity (Wildman–Crippen MR) is 146 cm³/mol. The number of carbonyl (C=O) groups excluding carboxylic acids is 2. The fourth-order valence-corrected chi connectivity index (χ4v) is 5.33. The number of hydrogen-bond acceptors (Lipinski definition) is 3. The molecule has 0 aliphatic rings. The molecule has 1 heterocycles. The molecule has 0 saturated carbocycles. The zero-order valence-corrected chi connectivity index (χ0v) is 22.1. The topological polar surface area (TPSA) is 63.1 Å².